The maximum absolute atomic E-state index is 12.7. The van der Waals surface area contributed by atoms with Crippen LogP contribution in [0.1, 0.15) is 21.7 Å². The zero-order valence-electron chi connectivity index (χ0n) is 14.4. The lowest BCUT2D eigenvalue weighted by Crippen LogP contribution is -2.13. The minimum atomic E-state index is -0.333. The molecule has 6 heteroatoms. The van der Waals surface area contributed by atoms with Crippen LogP contribution < -0.4 is 14.8 Å². The number of nitrogens with one attached hydrogen (secondary N) is 1. The molecule has 25 heavy (non-hydrogen) atoms. The van der Waals surface area contributed by atoms with Crippen molar-refractivity contribution >= 4 is 34.2 Å². The van der Waals surface area contributed by atoms with Crippen LogP contribution in [0.3, 0.4) is 0 Å². The van der Waals surface area contributed by atoms with Crippen molar-refractivity contribution in [1.82, 2.24) is 0 Å². The van der Waals surface area contributed by atoms with Crippen LogP contribution in [0.2, 0.25) is 5.02 Å². The van der Waals surface area contributed by atoms with E-state index < -0.39 is 0 Å². The van der Waals surface area contributed by atoms with E-state index in [0.717, 1.165) is 16.5 Å². The second kappa shape index (κ2) is 6.69. The van der Waals surface area contributed by atoms with E-state index >= 15 is 0 Å². The molecule has 1 aromatic heterocycles. The van der Waals surface area contributed by atoms with Crippen molar-refractivity contribution < 1.29 is 18.7 Å². The van der Waals surface area contributed by atoms with Crippen LogP contribution in [0.15, 0.2) is 34.7 Å². The lowest BCUT2D eigenvalue weighted by Gasteiger charge is -2.13. The van der Waals surface area contributed by atoms with Gasteiger partial charge in [0.1, 0.15) is 5.58 Å². The Morgan fingerprint density at radius 3 is 2.44 bits per heavy atom. The van der Waals surface area contributed by atoms with Crippen molar-refractivity contribution in [3.8, 4) is 11.5 Å². The minimum absolute atomic E-state index is 0.256. The molecule has 0 aliphatic heterocycles. The van der Waals surface area contributed by atoms with E-state index in [1.165, 1.54) is 0 Å². The first-order valence-corrected chi connectivity index (χ1v) is 8.05. The van der Waals surface area contributed by atoms with Crippen LogP contribution in [-0.4, -0.2) is 20.1 Å². The van der Waals surface area contributed by atoms with E-state index in [1.807, 2.05) is 13.8 Å². The fourth-order valence-corrected chi connectivity index (χ4v) is 2.88. The zero-order chi connectivity index (χ0) is 18.1. The Labute approximate surface area is 150 Å². The summed E-state index contributed by atoms with van der Waals surface area (Å²) in [7, 11) is 3.12. The fourth-order valence-electron chi connectivity index (χ4n) is 2.70. The molecule has 0 fully saturated rings. The molecule has 1 amide bonds. The number of anilines is 1. The number of carbonyl (C=O) groups excluding carboxylic acids is 1. The number of methoxy groups -OCH3 is 2. The molecule has 3 aromatic rings. The van der Waals surface area contributed by atoms with Gasteiger partial charge in [-0.15, -0.1) is 0 Å². The van der Waals surface area contributed by atoms with Crippen LogP contribution in [0.4, 0.5) is 5.69 Å². The first-order valence-electron chi connectivity index (χ1n) is 7.67. The SMILES string of the molecule is COc1cc(C)c(NC(=O)c2oc3ccc(Cl)cc3c2C)cc1OC. The van der Waals surface area contributed by atoms with Crippen LogP contribution in [0.25, 0.3) is 11.0 Å². The highest BCUT2D eigenvalue weighted by Crippen LogP contribution is 2.34. The number of rotatable bonds is 4. The smallest absolute Gasteiger partial charge is 0.291 e. The summed E-state index contributed by atoms with van der Waals surface area (Å²) in [6.07, 6.45) is 0. The Hall–Kier alpha value is -2.66. The van der Waals surface area contributed by atoms with Crippen molar-refractivity contribution in [2.45, 2.75) is 13.8 Å². The third-order valence-electron chi connectivity index (χ3n) is 4.08. The molecule has 0 saturated heterocycles. The Morgan fingerprint density at radius 2 is 1.76 bits per heavy atom. The van der Waals surface area contributed by atoms with Gasteiger partial charge in [0.25, 0.3) is 5.91 Å². The average Bonchev–Trinajstić information content (AvgIpc) is 2.92. The first kappa shape index (κ1) is 17.2. The number of fused-ring (bicyclic) bond motifs is 1. The molecule has 0 saturated carbocycles. The van der Waals surface area contributed by atoms with Gasteiger partial charge >= 0.3 is 0 Å². The second-order valence-electron chi connectivity index (χ2n) is 5.67. The summed E-state index contributed by atoms with van der Waals surface area (Å²) in [5.74, 6) is 1.07. The number of hydrogen-bond donors (Lipinski definition) is 1. The molecule has 1 N–H and O–H groups in total. The summed E-state index contributed by atoms with van der Waals surface area (Å²) >= 11 is 6.02. The number of furan rings is 1. The summed E-state index contributed by atoms with van der Waals surface area (Å²) in [6, 6.07) is 8.80. The van der Waals surface area contributed by atoms with Crippen molar-refractivity contribution in [1.29, 1.82) is 0 Å². The number of carbonyl (C=O) groups is 1. The molecule has 130 valence electrons. The average molecular weight is 360 g/mol. The normalized spacial score (nSPS) is 10.8. The number of benzene rings is 2. The lowest BCUT2D eigenvalue weighted by molar-refractivity contribution is 0.0998. The Kier molecular flexibility index (Phi) is 4.59. The molecule has 5 nitrogen and oxygen atoms in total. The first-order chi connectivity index (χ1) is 11.9. The van der Waals surface area contributed by atoms with Crippen LogP contribution in [0, 0.1) is 13.8 Å². The number of hydrogen-bond acceptors (Lipinski definition) is 4. The Balaban J connectivity index is 1.96. The topological polar surface area (TPSA) is 60.7 Å². The van der Waals surface area contributed by atoms with Gasteiger partial charge < -0.3 is 19.2 Å². The molecular weight excluding hydrogens is 342 g/mol. The summed E-state index contributed by atoms with van der Waals surface area (Å²) < 4.78 is 16.3. The van der Waals surface area contributed by atoms with E-state index in [1.54, 1.807) is 44.6 Å². The maximum atomic E-state index is 12.7. The zero-order valence-corrected chi connectivity index (χ0v) is 15.2. The molecule has 1 heterocycles. The van der Waals surface area contributed by atoms with Gasteiger partial charge in [-0.25, -0.2) is 0 Å². The van der Waals surface area contributed by atoms with E-state index in [-0.39, 0.29) is 11.7 Å². The quantitative estimate of drug-likeness (QED) is 0.714. The Bertz CT molecular complexity index is 962. The molecule has 0 aliphatic rings. The molecular formula is C19H18ClNO4. The fraction of sp³-hybridized carbons (Fsp3) is 0.211. The van der Waals surface area contributed by atoms with Crippen molar-refractivity contribution in [2.75, 3.05) is 19.5 Å². The third-order valence-corrected chi connectivity index (χ3v) is 4.32. The summed E-state index contributed by atoms with van der Waals surface area (Å²) in [5.41, 5.74) is 2.84. The van der Waals surface area contributed by atoms with Crippen molar-refractivity contribution in [3.05, 3.63) is 52.2 Å². The van der Waals surface area contributed by atoms with Gasteiger partial charge in [0.15, 0.2) is 17.3 Å². The van der Waals surface area contributed by atoms with Crippen molar-refractivity contribution in [3.63, 3.8) is 0 Å². The predicted molar refractivity (Wildman–Crippen MR) is 98.2 cm³/mol. The largest absolute Gasteiger partial charge is 0.493 e. The van der Waals surface area contributed by atoms with Crippen LogP contribution in [0.5, 0.6) is 11.5 Å². The lowest BCUT2D eigenvalue weighted by atomic mass is 10.1. The molecule has 2 aromatic carbocycles. The van der Waals surface area contributed by atoms with Crippen molar-refractivity contribution in [2.24, 2.45) is 0 Å². The minimum Gasteiger partial charge on any atom is -0.493 e. The van der Waals surface area contributed by atoms with Gasteiger partial charge in [-0.2, -0.15) is 0 Å². The molecule has 0 aliphatic carbocycles. The number of halogens is 1. The standard InChI is InChI=1S/C19H18ClNO4/c1-10-7-16(23-3)17(24-4)9-14(10)21-19(22)18-11(2)13-8-12(20)5-6-15(13)25-18/h5-9H,1-4H3,(H,21,22). The maximum Gasteiger partial charge on any atom is 0.291 e. The van der Waals surface area contributed by atoms with E-state index in [4.69, 9.17) is 25.5 Å². The summed E-state index contributed by atoms with van der Waals surface area (Å²) in [6.45, 7) is 3.71. The number of ether oxygens (including phenoxy) is 2. The number of aryl methyl sites for hydroxylation is 2. The van der Waals surface area contributed by atoms with Gasteiger partial charge in [0.2, 0.25) is 0 Å². The monoisotopic (exact) mass is 359 g/mol. The molecule has 0 radical (unpaired) electrons. The number of amides is 1. The molecule has 0 bridgehead atoms. The van der Waals surface area contributed by atoms with Gasteiger partial charge in [-0.1, -0.05) is 11.6 Å². The highest BCUT2D eigenvalue weighted by molar-refractivity contribution is 6.31. The molecule has 3 rings (SSSR count). The highest BCUT2D eigenvalue weighted by atomic mass is 35.5. The Morgan fingerprint density at radius 1 is 1.08 bits per heavy atom. The van der Waals surface area contributed by atoms with Gasteiger partial charge in [-0.05, 0) is 43.7 Å². The third kappa shape index (κ3) is 3.15. The second-order valence-corrected chi connectivity index (χ2v) is 6.11. The summed E-state index contributed by atoms with van der Waals surface area (Å²) in [4.78, 5) is 12.7. The van der Waals surface area contributed by atoms with Crippen LogP contribution in [-0.2, 0) is 0 Å². The molecule has 0 unspecified atom stereocenters. The van der Waals surface area contributed by atoms with Gasteiger partial charge in [0, 0.05) is 27.7 Å². The molecule has 0 atom stereocenters. The van der Waals surface area contributed by atoms with E-state index in [2.05, 4.69) is 5.32 Å². The van der Waals surface area contributed by atoms with E-state index in [0.29, 0.717) is 27.8 Å². The van der Waals surface area contributed by atoms with Gasteiger partial charge in [0.05, 0.1) is 14.2 Å². The summed E-state index contributed by atoms with van der Waals surface area (Å²) in [5, 5.41) is 4.29. The van der Waals surface area contributed by atoms with Gasteiger partial charge in [-0.3, -0.25) is 4.79 Å². The van der Waals surface area contributed by atoms with Crippen LogP contribution >= 0.6 is 11.6 Å². The predicted octanol–water partition coefficient (Wildman–Crippen LogP) is 4.97. The van der Waals surface area contributed by atoms with E-state index in [9.17, 15) is 4.79 Å². The highest BCUT2D eigenvalue weighted by Gasteiger charge is 2.19. The molecule has 0 spiro atoms.